The number of aromatic nitrogens is 2. The third-order valence-electron chi connectivity index (χ3n) is 3.11. The highest BCUT2D eigenvalue weighted by Gasteiger charge is 2.11. The normalized spacial score (nSPS) is 10.5. The summed E-state index contributed by atoms with van der Waals surface area (Å²) in [5, 5.41) is 3.33. The number of nitrogens with zero attached hydrogens (tertiary/aromatic N) is 2. The maximum absolute atomic E-state index is 12.3. The van der Waals surface area contributed by atoms with E-state index in [0.717, 1.165) is 16.0 Å². The fourth-order valence-electron chi connectivity index (χ4n) is 2.03. The van der Waals surface area contributed by atoms with Crippen LogP contribution in [0.3, 0.4) is 0 Å². The predicted molar refractivity (Wildman–Crippen MR) is 89.5 cm³/mol. The summed E-state index contributed by atoms with van der Waals surface area (Å²) in [7, 11) is 1.62. The molecule has 2 heterocycles. The van der Waals surface area contributed by atoms with Crippen molar-refractivity contribution in [3.8, 4) is 11.6 Å². The summed E-state index contributed by atoms with van der Waals surface area (Å²) >= 11 is 1.39. The average molecular weight is 329 g/mol. The molecule has 0 bridgehead atoms. The van der Waals surface area contributed by atoms with Crippen LogP contribution >= 0.6 is 11.3 Å². The first kappa shape index (κ1) is 15.2. The molecule has 0 aliphatic carbocycles. The minimum atomic E-state index is -0.251. The molecule has 0 radical (unpaired) electrons. The minimum absolute atomic E-state index is 0.251. The van der Waals surface area contributed by atoms with Crippen molar-refractivity contribution in [2.45, 2.75) is 6.92 Å². The van der Waals surface area contributed by atoms with E-state index < -0.39 is 0 Å². The van der Waals surface area contributed by atoms with E-state index in [9.17, 15) is 4.79 Å². The van der Waals surface area contributed by atoms with Crippen LogP contribution in [0.4, 0.5) is 5.13 Å². The van der Waals surface area contributed by atoms with Crippen molar-refractivity contribution in [3.05, 3.63) is 42.1 Å². The van der Waals surface area contributed by atoms with E-state index in [4.69, 9.17) is 9.47 Å². The summed E-state index contributed by atoms with van der Waals surface area (Å²) in [6.45, 7) is 2.36. The van der Waals surface area contributed by atoms with E-state index in [2.05, 4.69) is 15.3 Å². The van der Waals surface area contributed by atoms with Crippen molar-refractivity contribution in [2.24, 2.45) is 0 Å². The quantitative estimate of drug-likeness (QED) is 0.777. The second-order valence-electron chi connectivity index (χ2n) is 4.62. The van der Waals surface area contributed by atoms with E-state index >= 15 is 0 Å². The van der Waals surface area contributed by atoms with E-state index in [1.807, 2.05) is 25.1 Å². The number of rotatable bonds is 5. The fourth-order valence-corrected chi connectivity index (χ4v) is 2.92. The van der Waals surface area contributed by atoms with Gasteiger partial charge in [-0.15, -0.1) is 0 Å². The maximum Gasteiger partial charge on any atom is 0.257 e. The highest BCUT2D eigenvalue weighted by atomic mass is 32.1. The molecule has 0 unspecified atom stereocenters. The van der Waals surface area contributed by atoms with Crippen molar-refractivity contribution in [1.82, 2.24) is 9.97 Å². The number of hydrogen-bond acceptors (Lipinski definition) is 6. The number of carbonyl (C=O) groups excluding carboxylic acids is 1. The summed E-state index contributed by atoms with van der Waals surface area (Å²) in [5.41, 5.74) is 1.29. The Morgan fingerprint density at radius 2 is 2.17 bits per heavy atom. The van der Waals surface area contributed by atoms with Crippen LogP contribution in [0.5, 0.6) is 11.6 Å². The van der Waals surface area contributed by atoms with E-state index in [1.54, 1.807) is 25.4 Å². The molecule has 1 amide bonds. The number of amides is 1. The monoisotopic (exact) mass is 329 g/mol. The SMILES string of the molecule is CCOc1cc(C(=O)Nc2nc3ccc(OC)cc3s2)ccn1. The zero-order valence-corrected chi connectivity index (χ0v) is 13.5. The lowest BCUT2D eigenvalue weighted by molar-refractivity contribution is 0.102. The Morgan fingerprint density at radius 3 is 2.96 bits per heavy atom. The average Bonchev–Trinajstić information content (AvgIpc) is 2.96. The first-order valence-corrected chi connectivity index (χ1v) is 7.86. The highest BCUT2D eigenvalue weighted by Crippen LogP contribution is 2.29. The summed E-state index contributed by atoms with van der Waals surface area (Å²) in [5.74, 6) is 0.933. The molecule has 0 aliphatic rings. The molecule has 0 atom stereocenters. The molecule has 23 heavy (non-hydrogen) atoms. The standard InChI is InChI=1S/C16H15N3O3S/c1-3-22-14-8-10(6-7-17-14)15(20)19-16-18-12-5-4-11(21-2)9-13(12)23-16/h4-9H,3H2,1-2H3,(H,18,19,20). The zero-order chi connectivity index (χ0) is 16.2. The van der Waals surface area contributed by atoms with Gasteiger partial charge in [0.25, 0.3) is 5.91 Å². The van der Waals surface area contributed by atoms with Crippen molar-refractivity contribution in [3.63, 3.8) is 0 Å². The molecular weight excluding hydrogens is 314 g/mol. The van der Waals surface area contributed by atoms with Crippen LogP contribution < -0.4 is 14.8 Å². The Kier molecular flexibility index (Phi) is 4.38. The van der Waals surface area contributed by atoms with Crippen LogP contribution in [-0.4, -0.2) is 29.6 Å². The number of pyridine rings is 1. The molecule has 0 saturated heterocycles. The summed E-state index contributed by atoms with van der Waals surface area (Å²) in [6.07, 6.45) is 1.54. The van der Waals surface area contributed by atoms with E-state index in [0.29, 0.717) is 23.2 Å². The number of hydrogen-bond donors (Lipinski definition) is 1. The number of anilines is 1. The van der Waals surface area contributed by atoms with Gasteiger partial charge in [0.2, 0.25) is 5.88 Å². The number of thiazole rings is 1. The van der Waals surface area contributed by atoms with Crippen LogP contribution in [-0.2, 0) is 0 Å². The fraction of sp³-hybridized carbons (Fsp3) is 0.188. The highest BCUT2D eigenvalue weighted by molar-refractivity contribution is 7.22. The second kappa shape index (κ2) is 6.62. The van der Waals surface area contributed by atoms with Gasteiger partial charge in [-0.25, -0.2) is 9.97 Å². The molecule has 1 aromatic carbocycles. The number of methoxy groups -OCH3 is 1. The molecular formula is C16H15N3O3S. The lowest BCUT2D eigenvalue weighted by Gasteiger charge is -2.04. The molecule has 3 aromatic rings. The second-order valence-corrected chi connectivity index (χ2v) is 5.65. The van der Waals surface area contributed by atoms with Crippen molar-refractivity contribution in [2.75, 3.05) is 19.0 Å². The minimum Gasteiger partial charge on any atom is -0.497 e. The van der Waals surface area contributed by atoms with Crippen molar-refractivity contribution < 1.29 is 14.3 Å². The first-order chi connectivity index (χ1) is 11.2. The molecule has 0 saturated carbocycles. The van der Waals surface area contributed by atoms with Crippen molar-refractivity contribution in [1.29, 1.82) is 0 Å². The van der Waals surface area contributed by atoms with Gasteiger partial charge in [0, 0.05) is 17.8 Å². The Bertz CT molecular complexity index is 847. The molecule has 7 heteroatoms. The van der Waals surface area contributed by atoms with E-state index in [-0.39, 0.29) is 5.91 Å². The van der Waals surface area contributed by atoms with E-state index in [1.165, 1.54) is 11.3 Å². The maximum atomic E-state index is 12.3. The molecule has 2 aromatic heterocycles. The van der Waals surface area contributed by atoms with Crippen LogP contribution in [0.15, 0.2) is 36.5 Å². The predicted octanol–water partition coefficient (Wildman–Crippen LogP) is 3.35. The Balaban J connectivity index is 1.80. The Labute approximate surface area is 137 Å². The molecule has 3 rings (SSSR count). The summed E-state index contributed by atoms with van der Waals surface area (Å²) < 4.78 is 11.4. The molecule has 0 aliphatic heterocycles. The molecule has 0 spiro atoms. The number of ether oxygens (including phenoxy) is 2. The van der Waals surface area contributed by atoms with Gasteiger partial charge >= 0.3 is 0 Å². The topological polar surface area (TPSA) is 73.3 Å². The summed E-state index contributed by atoms with van der Waals surface area (Å²) in [4.78, 5) is 20.8. The molecule has 1 N–H and O–H groups in total. The van der Waals surface area contributed by atoms with Gasteiger partial charge in [0.15, 0.2) is 5.13 Å². The van der Waals surface area contributed by atoms with Gasteiger partial charge < -0.3 is 9.47 Å². The largest absolute Gasteiger partial charge is 0.497 e. The van der Waals surface area contributed by atoms with Crippen molar-refractivity contribution >= 4 is 32.6 Å². The van der Waals surface area contributed by atoms with Gasteiger partial charge in [0.1, 0.15) is 5.75 Å². The van der Waals surface area contributed by atoms with Gasteiger partial charge in [-0.05, 0) is 31.2 Å². The van der Waals surface area contributed by atoms with Gasteiger partial charge in [-0.3, -0.25) is 10.1 Å². The first-order valence-electron chi connectivity index (χ1n) is 7.04. The molecule has 118 valence electrons. The van der Waals surface area contributed by atoms with Gasteiger partial charge in [-0.1, -0.05) is 11.3 Å². The number of fused-ring (bicyclic) bond motifs is 1. The smallest absolute Gasteiger partial charge is 0.257 e. The van der Waals surface area contributed by atoms with Crippen LogP contribution in [0.2, 0.25) is 0 Å². The number of carbonyl (C=O) groups is 1. The summed E-state index contributed by atoms with van der Waals surface area (Å²) in [6, 6.07) is 8.83. The van der Waals surface area contributed by atoms with Gasteiger partial charge in [0.05, 0.1) is 23.9 Å². The number of nitrogens with one attached hydrogen (secondary N) is 1. The number of benzene rings is 1. The lowest BCUT2D eigenvalue weighted by Crippen LogP contribution is -2.12. The lowest BCUT2D eigenvalue weighted by atomic mass is 10.2. The zero-order valence-electron chi connectivity index (χ0n) is 12.7. The van der Waals surface area contributed by atoms with Gasteiger partial charge in [-0.2, -0.15) is 0 Å². The third-order valence-corrected chi connectivity index (χ3v) is 4.04. The Morgan fingerprint density at radius 1 is 1.30 bits per heavy atom. The van der Waals surface area contributed by atoms with Crippen LogP contribution in [0, 0.1) is 0 Å². The van der Waals surface area contributed by atoms with Crippen LogP contribution in [0.1, 0.15) is 17.3 Å². The Hall–Kier alpha value is -2.67. The molecule has 6 nitrogen and oxygen atoms in total. The molecule has 0 fully saturated rings. The van der Waals surface area contributed by atoms with Crippen LogP contribution in [0.25, 0.3) is 10.2 Å². The third kappa shape index (κ3) is 3.40.